The predicted molar refractivity (Wildman–Crippen MR) is 142 cm³/mol. The molecule has 11 nitrogen and oxygen atoms in total. The summed E-state index contributed by atoms with van der Waals surface area (Å²) in [7, 11) is 0. The van der Waals surface area contributed by atoms with Crippen molar-refractivity contribution in [1.29, 1.82) is 0 Å². The lowest BCUT2D eigenvalue weighted by atomic mass is 10.0. The number of thioether (sulfide) groups is 1. The molecule has 0 aliphatic carbocycles. The molecule has 7 N–H and O–H groups in total. The Kier molecular flexibility index (Phi) is 12.1. The largest absolute Gasteiger partial charge is 0.480 e. The lowest BCUT2D eigenvalue weighted by Gasteiger charge is -2.25. The first-order chi connectivity index (χ1) is 17.6. The molecule has 0 fully saturated rings. The summed E-state index contributed by atoms with van der Waals surface area (Å²) in [5.41, 5.74) is 7.26. The summed E-state index contributed by atoms with van der Waals surface area (Å²) in [5, 5.41) is 17.6. The van der Waals surface area contributed by atoms with E-state index in [-0.39, 0.29) is 18.8 Å². The third kappa shape index (κ3) is 9.89. The zero-order chi connectivity index (χ0) is 27.4. The first kappa shape index (κ1) is 29.8. The number of carboxylic acid groups (broad SMARTS) is 1. The van der Waals surface area contributed by atoms with Crippen molar-refractivity contribution in [3.05, 3.63) is 54.1 Å². The Labute approximate surface area is 220 Å². The van der Waals surface area contributed by atoms with Gasteiger partial charge in [-0.25, -0.2) is 9.78 Å². The number of hydrogen-bond acceptors (Lipinski definition) is 7. The minimum absolute atomic E-state index is 0.0456. The van der Waals surface area contributed by atoms with Crippen molar-refractivity contribution in [2.45, 2.75) is 57.3 Å². The molecule has 2 aromatic rings. The fourth-order valence-electron chi connectivity index (χ4n) is 3.50. The number of nitrogens with zero attached hydrogens (tertiary/aromatic N) is 1. The number of nitrogens with one attached hydrogen (secondary N) is 4. The molecule has 0 bridgehead atoms. The molecule has 0 aliphatic heterocycles. The number of carbonyl (C=O) groups is 4. The van der Waals surface area contributed by atoms with Gasteiger partial charge in [0.05, 0.1) is 12.4 Å². The van der Waals surface area contributed by atoms with E-state index in [1.165, 1.54) is 24.3 Å². The Morgan fingerprint density at radius 2 is 1.59 bits per heavy atom. The maximum absolute atomic E-state index is 13.2. The van der Waals surface area contributed by atoms with E-state index >= 15 is 0 Å². The molecule has 4 atom stereocenters. The van der Waals surface area contributed by atoms with Crippen molar-refractivity contribution in [1.82, 2.24) is 25.9 Å². The standard InChI is InChI=1S/C25H36N6O5S/c1-15(2)21(26)24(34)29-18(9-10-37-3)22(32)30-19(12-17-13-27-14-28-17)23(33)31-20(25(35)36)11-16-7-5-4-6-8-16/h4-8,13-15,18-21H,9-12,26H2,1-3H3,(H,27,28)(H,29,34)(H,30,32)(H,31,33)(H,35,36). The van der Waals surface area contributed by atoms with Gasteiger partial charge in [0, 0.05) is 24.7 Å². The van der Waals surface area contributed by atoms with E-state index in [9.17, 15) is 24.3 Å². The molecule has 1 aromatic carbocycles. The third-order valence-electron chi connectivity index (χ3n) is 5.77. The van der Waals surface area contributed by atoms with Gasteiger partial charge in [0.1, 0.15) is 18.1 Å². The topological polar surface area (TPSA) is 179 Å². The second kappa shape index (κ2) is 15.0. The highest BCUT2D eigenvalue weighted by Crippen LogP contribution is 2.08. The number of nitrogens with two attached hydrogens (primary N) is 1. The van der Waals surface area contributed by atoms with E-state index in [1.54, 1.807) is 38.1 Å². The van der Waals surface area contributed by atoms with Crippen molar-refractivity contribution in [3.63, 3.8) is 0 Å². The van der Waals surface area contributed by atoms with Crippen LogP contribution in [0.15, 0.2) is 42.9 Å². The van der Waals surface area contributed by atoms with E-state index in [1.807, 2.05) is 12.3 Å². The zero-order valence-corrected chi connectivity index (χ0v) is 22.1. The molecule has 1 heterocycles. The van der Waals surface area contributed by atoms with Crippen LogP contribution in [0.4, 0.5) is 0 Å². The number of rotatable bonds is 15. The average Bonchev–Trinajstić information content (AvgIpc) is 3.38. The first-order valence-electron chi connectivity index (χ1n) is 12.0. The summed E-state index contributed by atoms with van der Waals surface area (Å²) in [5.74, 6) is -2.42. The van der Waals surface area contributed by atoms with Gasteiger partial charge >= 0.3 is 5.97 Å². The smallest absolute Gasteiger partial charge is 0.326 e. The monoisotopic (exact) mass is 532 g/mol. The van der Waals surface area contributed by atoms with Crippen LogP contribution in [0, 0.1) is 5.92 Å². The summed E-state index contributed by atoms with van der Waals surface area (Å²) in [6, 6.07) is 4.90. The molecule has 202 valence electrons. The second-order valence-corrected chi connectivity index (χ2v) is 10.0. The number of aromatic amines is 1. The van der Waals surface area contributed by atoms with Crippen molar-refractivity contribution < 1.29 is 24.3 Å². The van der Waals surface area contributed by atoms with Gasteiger partial charge in [-0.05, 0) is 29.9 Å². The molecular formula is C25H36N6O5S. The van der Waals surface area contributed by atoms with Crippen LogP contribution in [-0.2, 0) is 32.0 Å². The number of benzene rings is 1. The number of H-pyrrole nitrogens is 1. The summed E-state index contributed by atoms with van der Waals surface area (Å²) in [6.07, 6.45) is 5.28. The lowest BCUT2D eigenvalue weighted by molar-refractivity contribution is -0.142. The minimum atomic E-state index is -1.20. The van der Waals surface area contributed by atoms with Crippen molar-refractivity contribution >= 4 is 35.5 Å². The van der Waals surface area contributed by atoms with Crippen molar-refractivity contribution in [2.75, 3.05) is 12.0 Å². The highest BCUT2D eigenvalue weighted by Gasteiger charge is 2.31. The zero-order valence-electron chi connectivity index (χ0n) is 21.3. The van der Waals surface area contributed by atoms with Crippen LogP contribution in [-0.4, -0.2) is 74.9 Å². The number of imidazole rings is 1. The number of hydrogen-bond donors (Lipinski definition) is 6. The molecule has 4 unspecified atom stereocenters. The van der Waals surface area contributed by atoms with Gasteiger partial charge in [0.25, 0.3) is 0 Å². The van der Waals surface area contributed by atoms with Gasteiger partial charge in [-0.3, -0.25) is 14.4 Å². The molecule has 0 spiro atoms. The van der Waals surface area contributed by atoms with E-state index in [4.69, 9.17) is 5.73 Å². The number of carboxylic acids is 1. The molecule has 12 heteroatoms. The van der Waals surface area contributed by atoms with Gasteiger partial charge in [-0.15, -0.1) is 0 Å². The number of aliphatic carboxylic acids is 1. The second-order valence-electron chi connectivity index (χ2n) is 9.04. The van der Waals surface area contributed by atoms with Crippen LogP contribution >= 0.6 is 11.8 Å². The average molecular weight is 533 g/mol. The lowest BCUT2D eigenvalue weighted by Crippen LogP contribution is -2.58. The van der Waals surface area contributed by atoms with E-state index < -0.39 is 47.9 Å². The van der Waals surface area contributed by atoms with Gasteiger partial charge in [-0.1, -0.05) is 44.2 Å². The maximum Gasteiger partial charge on any atom is 0.326 e. The van der Waals surface area contributed by atoms with Crippen LogP contribution in [0.3, 0.4) is 0 Å². The van der Waals surface area contributed by atoms with Crippen LogP contribution in [0.1, 0.15) is 31.5 Å². The number of amides is 3. The molecule has 0 radical (unpaired) electrons. The summed E-state index contributed by atoms with van der Waals surface area (Å²) in [6.45, 7) is 3.61. The minimum Gasteiger partial charge on any atom is -0.480 e. The Morgan fingerprint density at radius 1 is 0.973 bits per heavy atom. The maximum atomic E-state index is 13.2. The Bertz CT molecular complexity index is 1020. The first-order valence-corrected chi connectivity index (χ1v) is 13.4. The fraction of sp³-hybridized carbons (Fsp3) is 0.480. The summed E-state index contributed by atoms with van der Waals surface area (Å²) >= 11 is 1.51. The molecule has 1 aromatic heterocycles. The van der Waals surface area contributed by atoms with Crippen LogP contribution in [0.5, 0.6) is 0 Å². The Hall–Kier alpha value is -3.38. The predicted octanol–water partition coefficient (Wildman–Crippen LogP) is 0.470. The van der Waals surface area contributed by atoms with Crippen LogP contribution in [0.2, 0.25) is 0 Å². The van der Waals surface area contributed by atoms with E-state index in [2.05, 4.69) is 25.9 Å². The molecule has 2 rings (SSSR count). The van der Waals surface area contributed by atoms with Crippen LogP contribution < -0.4 is 21.7 Å². The molecule has 0 aliphatic rings. The van der Waals surface area contributed by atoms with Gasteiger partial charge in [-0.2, -0.15) is 11.8 Å². The number of carbonyl (C=O) groups excluding carboxylic acids is 3. The van der Waals surface area contributed by atoms with Gasteiger partial charge in [0.2, 0.25) is 17.7 Å². The third-order valence-corrected chi connectivity index (χ3v) is 6.42. The summed E-state index contributed by atoms with van der Waals surface area (Å²) < 4.78 is 0. The van der Waals surface area contributed by atoms with Crippen LogP contribution in [0.25, 0.3) is 0 Å². The van der Waals surface area contributed by atoms with Crippen molar-refractivity contribution in [3.8, 4) is 0 Å². The number of aromatic nitrogens is 2. The SMILES string of the molecule is CSCCC(NC(=O)C(N)C(C)C)C(=O)NC(Cc1cnc[nH]1)C(=O)NC(Cc1ccccc1)C(=O)O. The van der Waals surface area contributed by atoms with Crippen molar-refractivity contribution in [2.24, 2.45) is 11.7 Å². The van der Waals surface area contributed by atoms with E-state index in [0.717, 1.165) is 5.56 Å². The Morgan fingerprint density at radius 3 is 2.16 bits per heavy atom. The Balaban J connectivity index is 2.20. The highest BCUT2D eigenvalue weighted by atomic mass is 32.2. The normalized spacial score (nSPS) is 14.3. The fourth-order valence-corrected chi connectivity index (χ4v) is 3.97. The highest BCUT2D eigenvalue weighted by molar-refractivity contribution is 7.98. The molecule has 3 amide bonds. The molecule has 37 heavy (non-hydrogen) atoms. The molecule has 0 saturated carbocycles. The van der Waals surface area contributed by atoms with E-state index in [0.29, 0.717) is 17.9 Å². The van der Waals surface area contributed by atoms with Gasteiger partial charge < -0.3 is 31.8 Å². The quantitative estimate of drug-likeness (QED) is 0.191. The molecule has 0 saturated heterocycles. The molecular weight excluding hydrogens is 496 g/mol. The van der Waals surface area contributed by atoms with Gasteiger partial charge in [0.15, 0.2) is 0 Å². The summed E-state index contributed by atoms with van der Waals surface area (Å²) in [4.78, 5) is 57.7.